The van der Waals surface area contributed by atoms with Crippen LogP contribution in [0.5, 0.6) is 0 Å². The van der Waals surface area contributed by atoms with E-state index in [9.17, 15) is 13.2 Å². The SMILES string of the molecule is CC1CCCCN1S(=O)(=O)c1cc(C(=O)O)ccc1Cl. The smallest absolute Gasteiger partial charge is 0.335 e. The molecule has 1 fully saturated rings. The molecule has 1 atom stereocenters. The number of piperidine rings is 1. The number of hydrogen-bond donors (Lipinski definition) is 1. The average molecular weight is 318 g/mol. The van der Waals surface area contributed by atoms with Crippen LogP contribution in [0.25, 0.3) is 0 Å². The number of carbonyl (C=O) groups is 1. The van der Waals surface area contributed by atoms with Gasteiger partial charge in [0, 0.05) is 12.6 Å². The minimum Gasteiger partial charge on any atom is -0.478 e. The summed E-state index contributed by atoms with van der Waals surface area (Å²) in [5.41, 5.74) is -0.0855. The monoisotopic (exact) mass is 317 g/mol. The Balaban J connectivity index is 2.48. The van der Waals surface area contributed by atoms with Crippen LogP contribution in [0.1, 0.15) is 36.5 Å². The fraction of sp³-hybridized carbons (Fsp3) is 0.462. The Morgan fingerprint density at radius 1 is 1.40 bits per heavy atom. The number of sulfonamides is 1. The second-order valence-corrected chi connectivity index (χ2v) is 7.18. The Labute approximate surface area is 123 Å². The molecule has 0 spiro atoms. The molecule has 0 radical (unpaired) electrons. The number of rotatable bonds is 3. The van der Waals surface area contributed by atoms with Gasteiger partial charge >= 0.3 is 5.97 Å². The van der Waals surface area contributed by atoms with Gasteiger partial charge in [0.1, 0.15) is 4.90 Å². The summed E-state index contributed by atoms with van der Waals surface area (Å²) in [4.78, 5) is 10.8. The molecule has 7 heteroatoms. The number of carboxylic acid groups (broad SMARTS) is 1. The van der Waals surface area contributed by atoms with Crippen LogP contribution in [0.15, 0.2) is 23.1 Å². The zero-order valence-corrected chi connectivity index (χ0v) is 12.6. The van der Waals surface area contributed by atoms with Crippen molar-refractivity contribution < 1.29 is 18.3 Å². The average Bonchev–Trinajstić information content (AvgIpc) is 2.39. The van der Waals surface area contributed by atoms with Crippen molar-refractivity contribution in [2.75, 3.05) is 6.54 Å². The minimum absolute atomic E-state index is 0.0489. The molecule has 0 amide bonds. The molecule has 1 aliphatic rings. The largest absolute Gasteiger partial charge is 0.478 e. The van der Waals surface area contributed by atoms with E-state index in [1.807, 2.05) is 6.92 Å². The first-order valence-electron chi connectivity index (χ1n) is 6.38. The van der Waals surface area contributed by atoms with Gasteiger partial charge < -0.3 is 5.11 Å². The standard InChI is InChI=1S/C13H16ClNO4S/c1-9-4-2-3-7-15(9)20(18,19)12-8-10(13(16)17)5-6-11(12)14/h5-6,8-9H,2-4,7H2,1H3,(H,16,17). The normalized spacial score (nSPS) is 20.8. The van der Waals surface area contributed by atoms with Crippen molar-refractivity contribution in [3.8, 4) is 0 Å². The molecule has 110 valence electrons. The van der Waals surface area contributed by atoms with E-state index in [0.29, 0.717) is 6.54 Å². The molecule has 20 heavy (non-hydrogen) atoms. The molecule has 1 saturated heterocycles. The summed E-state index contributed by atoms with van der Waals surface area (Å²) in [6.07, 6.45) is 2.60. The van der Waals surface area contributed by atoms with Crippen molar-refractivity contribution in [3.63, 3.8) is 0 Å². The van der Waals surface area contributed by atoms with E-state index < -0.39 is 16.0 Å². The van der Waals surface area contributed by atoms with E-state index in [1.54, 1.807) is 0 Å². The maximum absolute atomic E-state index is 12.6. The maximum atomic E-state index is 12.6. The first kappa shape index (κ1) is 15.3. The van der Waals surface area contributed by atoms with E-state index in [4.69, 9.17) is 16.7 Å². The van der Waals surface area contributed by atoms with Gasteiger partial charge in [0.15, 0.2) is 0 Å². The Kier molecular flexibility index (Phi) is 4.36. The Hall–Kier alpha value is -1.11. The van der Waals surface area contributed by atoms with Crippen LogP contribution in [0.3, 0.4) is 0 Å². The van der Waals surface area contributed by atoms with Gasteiger partial charge in [0.2, 0.25) is 10.0 Å². The van der Waals surface area contributed by atoms with E-state index in [0.717, 1.165) is 25.3 Å². The summed E-state index contributed by atoms with van der Waals surface area (Å²) in [5, 5.41) is 9.03. The lowest BCUT2D eigenvalue weighted by Gasteiger charge is -2.32. The molecular formula is C13H16ClNO4S. The van der Waals surface area contributed by atoms with E-state index in [-0.39, 0.29) is 21.5 Å². The topological polar surface area (TPSA) is 74.7 Å². The van der Waals surface area contributed by atoms with Crippen LogP contribution in [-0.2, 0) is 10.0 Å². The van der Waals surface area contributed by atoms with Gasteiger partial charge in [-0.25, -0.2) is 13.2 Å². The van der Waals surface area contributed by atoms with Crippen LogP contribution >= 0.6 is 11.6 Å². The van der Waals surface area contributed by atoms with E-state index >= 15 is 0 Å². The Bertz CT molecular complexity index is 629. The van der Waals surface area contributed by atoms with Crippen LogP contribution in [0.4, 0.5) is 0 Å². The molecule has 1 N–H and O–H groups in total. The van der Waals surface area contributed by atoms with Crippen LogP contribution in [0.2, 0.25) is 5.02 Å². The highest BCUT2D eigenvalue weighted by Gasteiger charge is 2.32. The molecule has 0 aliphatic carbocycles. The third-order valence-corrected chi connectivity index (χ3v) is 6.00. The molecule has 2 rings (SSSR count). The summed E-state index contributed by atoms with van der Waals surface area (Å²) < 4.78 is 26.7. The number of halogens is 1. The summed E-state index contributed by atoms with van der Waals surface area (Å²) in [7, 11) is -3.76. The maximum Gasteiger partial charge on any atom is 0.335 e. The number of hydrogen-bond acceptors (Lipinski definition) is 3. The lowest BCUT2D eigenvalue weighted by atomic mass is 10.1. The zero-order chi connectivity index (χ0) is 14.9. The fourth-order valence-electron chi connectivity index (χ4n) is 2.39. The first-order valence-corrected chi connectivity index (χ1v) is 8.20. The van der Waals surface area contributed by atoms with Crippen LogP contribution < -0.4 is 0 Å². The second kappa shape index (κ2) is 5.71. The predicted molar refractivity (Wildman–Crippen MR) is 75.6 cm³/mol. The van der Waals surface area contributed by atoms with Gasteiger partial charge in [-0.2, -0.15) is 4.31 Å². The second-order valence-electron chi connectivity index (χ2n) is 4.91. The number of benzene rings is 1. The van der Waals surface area contributed by atoms with Crippen LogP contribution in [0, 0.1) is 0 Å². The molecule has 5 nitrogen and oxygen atoms in total. The highest BCUT2D eigenvalue weighted by molar-refractivity contribution is 7.89. The summed E-state index contributed by atoms with van der Waals surface area (Å²) in [6.45, 7) is 2.29. The number of nitrogens with zero attached hydrogens (tertiary/aromatic N) is 1. The molecule has 1 aromatic rings. The van der Waals surface area contributed by atoms with Crippen LogP contribution in [-0.4, -0.2) is 36.4 Å². The van der Waals surface area contributed by atoms with Gasteiger partial charge in [0.05, 0.1) is 10.6 Å². The molecule has 0 aromatic heterocycles. The summed E-state index contributed by atoms with van der Waals surface area (Å²) in [6, 6.07) is 3.63. The van der Waals surface area contributed by atoms with Crippen molar-refractivity contribution in [2.24, 2.45) is 0 Å². The van der Waals surface area contributed by atoms with Crippen molar-refractivity contribution in [1.29, 1.82) is 0 Å². The van der Waals surface area contributed by atoms with Gasteiger partial charge in [-0.1, -0.05) is 18.0 Å². The van der Waals surface area contributed by atoms with Gasteiger partial charge in [-0.05, 0) is 38.0 Å². The molecular weight excluding hydrogens is 302 g/mol. The van der Waals surface area contributed by atoms with Gasteiger partial charge in [-0.15, -0.1) is 0 Å². The molecule has 1 heterocycles. The highest BCUT2D eigenvalue weighted by atomic mass is 35.5. The zero-order valence-electron chi connectivity index (χ0n) is 11.0. The molecule has 1 aromatic carbocycles. The summed E-state index contributed by atoms with van der Waals surface area (Å²) in [5.74, 6) is -1.18. The lowest BCUT2D eigenvalue weighted by molar-refractivity contribution is 0.0696. The number of aromatic carboxylic acids is 1. The third-order valence-electron chi connectivity index (χ3n) is 3.51. The van der Waals surface area contributed by atoms with E-state index in [1.165, 1.54) is 16.4 Å². The minimum atomic E-state index is -3.76. The number of carboxylic acids is 1. The van der Waals surface area contributed by atoms with Crippen molar-refractivity contribution >= 4 is 27.6 Å². The Morgan fingerprint density at radius 2 is 2.10 bits per heavy atom. The van der Waals surface area contributed by atoms with E-state index in [2.05, 4.69) is 0 Å². The molecule has 1 unspecified atom stereocenters. The van der Waals surface area contributed by atoms with Crippen molar-refractivity contribution in [2.45, 2.75) is 37.1 Å². The summed E-state index contributed by atoms with van der Waals surface area (Å²) >= 11 is 5.95. The fourth-order valence-corrected chi connectivity index (χ4v) is 4.59. The van der Waals surface area contributed by atoms with Crippen molar-refractivity contribution in [1.82, 2.24) is 4.31 Å². The Morgan fingerprint density at radius 3 is 2.70 bits per heavy atom. The highest BCUT2D eigenvalue weighted by Crippen LogP contribution is 2.30. The first-order chi connectivity index (χ1) is 9.34. The molecule has 0 bridgehead atoms. The predicted octanol–water partition coefficient (Wildman–Crippen LogP) is 2.60. The van der Waals surface area contributed by atoms with Gasteiger partial charge in [-0.3, -0.25) is 0 Å². The molecule has 1 aliphatic heterocycles. The molecule has 0 saturated carbocycles. The quantitative estimate of drug-likeness (QED) is 0.929. The lowest BCUT2D eigenvalue weighted by Crippen LogP contribution is -2.42. The van der Waals surface area contributed by atoms with Gasteiger partial charge in [0.25, 0.3) is 0 Å². The third kappa shape index (κ3) is 2.82. The van der Waals surface area contributed by atoms with Crippen molar-refractivity contribution in [3.05, 3.63) is 28.8 Å².